The van der Waals surface area contributed by atoms with E-state index in [0.717, 1.165) is 40.5 Å². The molecular formula is C14H11Cl2N5OS2. The molecule has 3 heterocycles. The van der Waals surface area contributed by atoms with Gasteiger partial charge in [-0.2, -0.15) is 9.47 Å². The van der Waals surface area contributed by atoms with Crippen LogP contribution >= 0.6 is 46.1 Å². The number of halogens is 2. The average Bonchev–Trinajstić information content (AvgIpc) is 3.25. The third-order valence-electron chi connectivity index (χ3n) is 3.98. The minimum atomic E-state index is -0.319. The normalized spacial score (nSPS) is 12.8. The van der Waals surface area contributed by atoms with Crippen LogP contribution < -0.4 is 4.90 Å². The van der Waals surface area contributed by atoms with Gasteiger partial charge in [0.1, 0.15) is 9.36 Å². The molecule has 4 rings (SSSR count). The van der Waals surface area contributed by atoms with E-state index < -0.39 is 0 Å². The number of aromatic nitrogens is 4. The molecule has 0 aromatic carbocycles. The number of nitrogens with zero attached hydrogens (tertiary/aromatic N) is 5. The lowest BCUT2D eigenvalue weighted by atomic mass is 10.0. The number of carbonyl (C=O) groups excluding carboxylic acids is 1. The zero-order chi connectivity index (χ0) is 17.0. The second kappa shape index (κ2) is 5.80. The Kier molecular flexibility index (Phi) is 3.87. The van der Waals surface area contributed by atoms with E-state index in [-0.39, 0.29) is 16.6 Å². The van der Waals surface area contributed by atoms with Crippen LogP contribution in [0.25, 0.3) is 11.3 Å². The van der Waals surface area contributed by atoms with Crippen LogP contribution in [0.4, 0.5) is 5.13 Å². The Balaban J connectivity index is 1.70. The van der Waals surface area contributed by atoms with Crippen molar-refractivity contribution >= 4 is 57.1 Å². The lowest BCUT2D eigenvalue weighted by molar-refractivity contribution is 0.0989. The van der Waals surface area contributed by atoms with Gasteiger partial charge >= 0.3 is 0 Å². The van der Waals surface area contributed by atoms with Crippen LogP contribution in [0.15, 0.2) is 6.20 Å². The van der Waals surface area contributed by atoms with Gasteiger partial charge in [0.05, 0.1) is 11.9 Å². The minimum absolute atomic E-state index is 0.157. The number of carbonyl (C=O) groups is 1. The predicted octanol–water partition coefficient (Wildman–Crippen LogP) is 3.68. The van der Waals surface area contributed by atoms with Crippen LogP contribution in [0.3, 0.4) is 0 Å². The van der Waals surface area contributed by atoms with Crippen LogP contribution in [-0.2, 0) is 19.9 Å². The second-order valence-corrected chi connectivity index (χ2v) is 8.20. The molecule has 0 unspecified atom stereocenters. The van der Waals surface area contributed by atoms with Gasteiger partial charge in [0, 0.05) is 30.2 Å². The van der Waals surface area contributed by atoms with Gasteiger partial charge in [-0.05, 0) is 24.4 Å². The van der Waals surface area contributed by atoms with Crippen LogP contribution in [0.2, 0.25) is 9.36 Å². The molecule has 1 aliphatic rings. The third-order valence-corrected chi connectivity index (χ3v) is 6.79. The monoisotopic (exact) mass is 399 g/mol. The van der Waals surface area contributed by atoms with E-state index in [4.69, 9.17) is 23.2 Å². The molecule has 0 bridgehead atoms. The lowest BCUT2D eigenvalue weighted by Gasteiger charge is -2.12. The summed E-state index contributed by atoms with van der Waals surface area (Å²) in [7, 11) is 3.60. The first-order valence-electron chi connectivity index (χ1n) is 7.07. The fourth-order valence-corrected chi connectivity index (χ4v) is 4.71. The fourth-order valence-electron chi connectivity index (χ4n) is 2.69. The van der Waals surface area contributed by atoms with E-state index in [1.165, 1.54) is 21.9 Å². The van der Waals surface area contributed by atoms with E-state index in [2.05, 4.69) is 14.5 Å². The van der Waals surface area contributed by atoms with Crippen LogP contribution in [0.5, 0.6) is 0 Å². The van der Waals surface area contributed by atoms with Crippen molar-refractivity contribution in [3.63, 3.8) is 0 Å². The van der Waals surface area contributed by atoms with E-state index in [1.54, 1.807) is 7.05 Å². The topological polar surface area (TPSA) is 63.9 Å². The maximum absolute atomic E-state index is 12.6. The van der Waals surface area contributed by atoms with E-state index in [0.29, 0.717) is 9.47 Å². The van der Waals surface area contributed by atoms with E-state index >= 15 is 0 Å². The second-order valence-electron chi connectivity index (χ2n) is 5.38. The van der Waals surface area contributed by atoms with E-state index in [9.17, 15) is 4.79 Å². The summed E-state index contributed by atoms with van der Waals surface area (Å²) in [5.41, 5.74) is 3.27. The summed E-state index contributed by atoms with van der Waals surface area (Å²) < 4.78 is 6.22. The Morgan fingerprint density at radius 3 is 2.88 bits per heavy atom. The molecule has 0 spiro atoms. The Bertz CT molecular complexity index is 961. The highest BCUT2D eigenvalue weighted by Crippen LogP contribution is 2.39. The molecule has 0 N–H and O–H groups in total. The zero-order valence-electron chi connectivity index (χ0n) is 12.7. The quantitative estimate of drug-likeness (QED) is 0.658. The number of amides is 1. The first kappa shape index (κ1) is 16.0. The van der Waals surface area contributed by atoms with Crippen molar-refractivity contribution < 1.29 is 4.79 Å². The van der Waals surface area contributed by atoms with Gasteiger partial charge in [0.25, 0.3) is 5.91 Å². The number of anilines is 1. The maximum atomic E-state index is 12.6. The minimum Gasteiger partial charge on any atom is -0.286 e. The van der Waals surface area contributed by atoms with Gasteiger partial charge in [-0.15, -0.1) is 11.3 Å². The molecule has 0 saturated heterocycles. The van der Waals surface area contributed by atoms with Crippen molar-refractivity contribution in [2.75, 3.05) is 11.9 Å². The highest BCUT2D eigenvalue weighted by molar-refractivity contribution is 7.16. The Labute approximate surface area is 155 Å². The molecule has 3 aromatic heterocycles. The van der Waals surface area contributed by atoms with Crippen molar-refractivity contribution in [1.82, 2.24) is 19.1 Å². The number of hydrogen-bond donors (Lipinski definition) is 0. The molecule has 10 heteroatoms. The summed E-state index contributed by atoms with van der Waals surface area (Å²) in [6.45, 7) is 0. The molecule has 24 heavy (non-hydrogen) atoms. The molecule has 124 valence electrons. The molecule has 0 aliphatic heterocycles. The van der Waals surface area contributed by atoms with Gasteiger partial charge in [0.15, 0.2) is 10.8 Å². The third kappa shape index (κ3) is 2.36. The Morgan fingerprint density at radius 1 is 1.38 bits per heavy atom. The van der Waals surface area contributed by atoms with Crippen molar-refractivity contribution in [3.05, 3.63) is 31.8 Å². The van der Waals surface area contributed by atoms with E-state index in [1.807, 2.05) is 17.9 Å². The van der Waals surface area contributed by atoms with Crippen LogP contribution in [0.1, 0.15) is 21.1 Å². The van der Waals surface area contributed by atoms with Crippen molar-refractivity contribution in [1.29, 1.82) is 0 Å². The number of hydrogen-bond acceptors (Lipinski definition) is 6. The fraction of sp³-hybridized carbons (Fsp3) is 0.286. The van der Waals surface area contributed by atoms with Gasteiger partial charge in [0.2, 0.25) is 0 Å². The molecular weight excluding hydrogens is 389 g/mol. The molecule has 0 radical (unpaired) electrons. The smallest absolute Gasteiger partial charge is 0.281 e. The standard InChI is InChI=1S/C14H11Cl2N5OS2/c1-20(13(22)11-9(15)12(16)24-19-11)14-18-10-6-5-17-21(2)7(6)3-4-8(10)23-14/h5H,3-4H2,1-2H3. The van der Waals surface area contributed by atoms with Gasteiger partial charge in [-0.25, -0.2) is 4.98 Å². The summed E-state index contributed by atoms with van der Waals surface area (Å²) >= 11 is 14.5. The first-order chi connectivity index (χ1) is 11.5. The van der Waals surface area contributed by atoms with Crippen LogP contribution in [-0.4, -0.2) is 32.1 Å². The maximum Gasteiger partial charge on any atom is 0.281 e. The van der Waals surface area contributed by atoms with Gasteiger partial charge in [-0.1, -0.05) is 23.2 Å². The first-order valence-corrected chi connectivity index (χ1v) is 9.41. The number of thiazole rings is 1. The number of fused-ring (bicyclic) bond motifs is 3. The SMILES string of the molecule is CN(C(=O)c1nsc(Cl)c1Cl)c1nc2c(s1)CCc1c-2cnn1C. The molecule has 1 amide bonds. The average molecular weight is 400 g/mol. The molecule has 6 nitrogen and oxygen atoms in total. The van der Waals surface area contributed by atoms with Crippen molar-refractivity contribution in [3.8, 4) is 11.3 Å². The Morgan fingerprint density at radius 2 is 2.17 bits per heavy atom. The molecule has 0 fully saturated rings. The molecule has 1 aliphatic carbocycles. The van der Waals surface area contributed by atoms with Gasteiger partial charge < -0.3 is 0 Å². The highest BCUT2D eigenvalue weighted by atomic mass is 35.5. The summed E-state index contributed by atoms with van der Waals surface area (Å²) in [5.74, 6) is -0.319. The summed E-state index contributed by atoms with van der Waals surface area (Å²) in [4.78, 5) is 19.9. The summed E-state index contributed by atoms with van der Waals surface area (Å²) in [6, 6.07) is 0. The predicted molar refractivity (Wildman–Crippen MR) is 96.6 cm³/mol. The van der Waals surface area contributed by atoms with Crippen molar-refractivity contribution in [2.24, 2.45) is 7.05 Å². The summed E-state index contributed by atoms with van der Waals surface area (Å²) in [5, 5.41) is 5.11. The molecule has 0 saturated carbocycles. The van der Waals surface area contributed by atoms with Gasteiger partial charge in [-0.3, -0.25) is 14.4 Å². The Hall–Kier alpha value is -1.48. The largest absolute Gasteiger partial charge is 0.286 e. The lowest BCUT2D eigenvalue weighted by Crippen LogP contribution is -2.26. The number of aryl methyl sites for hydroxylation is 2. The highest BCUT2D eigenvalue weighted by Gasteiger charge is 2.28. The molecule has 0 atom stereocenters. The summed E-state index contributed by atoms with van der Waals surface area (Å²) in [6.07, 6.45) is 3.65. The molecule has 3 aromatic rings. The van der Waals surface area contributed by atoms with Crippen molar-refractivity contribution in [2.45, 2.75) is 12.8 Å². The zero-order valence-corrected chi connectivity index (χ0v) is 15.9. The number of rotatable bonds is 2. The van der Waals surface area contributed by atoms with Crippen LogP contribution in [0, 0.1) is 0 Å².